The van der Waals surface area contributed by atoms with Gasteiger partial charge in [-0.25, -0.2) is 4.79 Å². The monoisotopic (exact) mass is 375 g/mol. The molecule has 0 atom stereocenters. The third kappa shape index (κ3) is 3.84. The molecule has 0 spiro atoms. The van der Waals surface area contributed by atoms with E-state index in [9.17, 15) is 9.59 Å². The number of rotatable bonds is 4. The number of carboxylic acids is 1. The highest BCUT2D eigenvalue weighted by atomic mass is 35.5. The van der Waals surface area contributed by atoms with E-state index in [4.69, 9.17) is 32.7 Å². The number of aromatic carboxylic acids is 1. The fourth-order valence-electron chi connectivity index (χ4n) is 2.15. The first-order valence-corrected chi connectivity index (χ1v) is 7.89. The van der Waals surface area contributed by atoms with Gasteiger partial charge in [0.15, 0.2) is 5.76 Å². The molecular formula is C18H11Cl2NO4. The number of anilines is 1. The maximum atomic E-state index is 12.2. The normalized spacial score (nSPS) is 10.5. The van der Waals surface area contributed by atoms with Crippen LogP contribution in [0.5, 0.6) is 0 Å². The van der Waals surface area contributed by atoms with Crippen molar-refractivity contribution in [3.05, 3.63) is 76.0 Å². The van der Waals surface area contributed by atoms with Crippen LogP contribution in [-0.4, -0.2) is 17.0 Å². The molecule has 25 heavy (non-hydrogen) atoms. The molecule has 0 radical (unpaired) electrons. The van der Waals surface area contributed by atoms with Gasteiger partial charge in [-0.05, 0) is 54.6 Å². The molecular weight excluding hydrogens is 365 g/mol. The zero-order valence-electron chi connectivity index (χ0n) is 12.6. The van der Waals surface area contributed by atoms with E-state index in [1.54, 1.807) is 30.3 Å². The quantitative estimate of drug-likeness (QED) is 0.656. The number of carbonyl (C=O) groups is 2. The van der Waals surface area contributed by atoms with Gasteiger partial charge in [-0.2, -0.15) is 0 Å². The van der Waals surface area contributed by atoms with Crippen LogP contribution in [0, 0.1) is 0 Å². The van der Waals surface area contributed by atoms with Crippen LogP contribution >= 0.6 is 23.2 Å². The summed E-state index contributed by atoms with van der Waals surface area (Å²) in [6, 6.07) is 14.0. The van der Waals surface area contributed by atoms with E-state index < -0.39 is 11.9 Å². The topological polar surface area (TPSA) is 79.5 Å². The number of hydrogen-bond acceptors (Lipinski definition) is 3. The predicted molar refractivity (Wildman–Crippen MR) is 95.5 cm³/mol. The largest absolute Gasteiger partial charge is 0.478 e. The van der Waals surface area contributed by atoms with E-state index in [0.29, 0.717) is 27.1 Å². The van der Waals surface area contributed by atoms with Crippen LogP contribution in [0.4, 0.5) is 5.69 Å². The fourth-order valence-corrected chi connectivity index (χ4v) is 2.45. The summed E-state index contributed by atoms with van der Waals surface area (Å²) in [7, 11) is 0. The second-order valence-electron chi connectivity index (χ2n) is 5.13. The minimum atomic E-state index is -1.03. The molecule has 5 nitrogen and oxygen atoms in total. The van der Waals surface area contributed by atoms with Crippen LogP contribution in [-0.2, 0) is 0 Å². The van der Waals surface area contributed by atoms with Crippen molar-refractivity contribution in [3.63, 3.8) is 0 Å². The first kappa shape index (κ1) is 17.1. The highest BCUT2D eigenvalue weighted by molar-refractivity contribution is 6.42. The van der Waals surface area contributed by atoms with Gasteiger partial charge in [-0.1, -0.05) is 23.2 Å². The van der Waals surface area contributed by atoms with Gasteiger partial charge >= 0.3 is 5.97 Å². The van der Waals surface area contributed by atoms with E-state index in [2.05, 4.69) is 5.32 Å². The summed E-state index contributed by atoms with van der Waals surface area (Å²) in [5, 5.41) is 12.3. The second-order valence-corrected chi connectivity index (χ2v) is 5.94. The highest BCUT2D eigenvalue weighted by Gasteiger charge is 2.13. The van der Waals surface area contributed by atoms with Crippen molar-refractivity contribution in [1.29, 1.82) is 0 Å². The molecule has 3 aromatic rings. The van der Waals surface area contributed by atoms with E-state index in [1.165, 1.54) is 24.3 Å². The van der Waals surface area contributed by atoms with Gasteiger partial charge < -0.3 is 14.8 Å². The number of nitrogens with one attached hydrogen (secondary N) is 1. The second kappa shape index (κ2) is 7.01. The van der Waals surface area contributed by atoms with Crippen LogP contribution in [0.3, 0.4) is 0 Å². The number of benzene rings is 2. The first-order valence-electron chi connectivity index (χ1n) is 7.14. The Kier molecular flexibility index (Phi) is 4.79. The van der Waals surface area contributed by atoms with Gasteiger partial charge in [0.2, 0.25) is 0 Å². The summed E-state index contributed by atoms with van der Waals surface area (Å²) in [6.07, 6.45) is 0. The van der Waals surface area contributed by atoms with Gasteiger partial charge in [0.1, 0.15) is 5.76 Å². The molecule has 0 bridgehead atoms. The molecule has 0 saturated heterocycles. The summed E-state index contributed by atoms with van der Waals surface area (Å²) in [4.78, 5) is 23.0. The molecule has 0 unspecified atom stereocenters. The van der Waals surface area contributed by atoms with Gasteiger partial charge in [0.05, 0.1) is 15.6 Å². The van der Waals surface area contributed by atoms with Crippen molar-refractivity contribution in [2.75, 3.05) is 5.32 Å². The predicted octanol–water partition coefficient (Wildman–Crippen LogP) is 5.20. The van der Waals surface area contributed by atoms with E-state index in [1.807, 2.05) is 0 Å². The Balaban J connectivity index is 1.76. The van der Waals surface area contributed by atoms with Crippen molar-refractivity contribution >= 4 is 40.8 Å². The summed E-state index contributed by atoms with van der Waals surface area (Å²) in [5.74, 6) is -0.891. The lowest BCUT2D eigenvalue weighted by molar-refractivity contribution is 0.0696. The number of furan rings is 1. The Morgan fingerprint density at radius 3 is 2.28 bits per heavy atom. The lowest BCUT2D eigenvalue weighted by Crippen LogP contribution is -2.11. The molecule has 0 saturated carbocycles. The smallest absolute Gasteiger partial charge is 0.335 e. The average Bonchev–Trinajstić information content (AvgIpc) is 3.08. The third-order valence-corrected chi connectivity index (χ3v) is 4.16. The standard InChI is InChI=1S/C18H11Cl2NO4/c19-13-6-3-11(9-14(13)20)15-7-8-16(25-15)17(22)21-12-4-1-10(2-5-12)18(23)24/h1-9H,(H,21,22)(H,23,24). The number of amides is 1. The summed E-state index contributed by atoms with van der Waals surface area (Å²) >= 11 is 11.9. The molecule has 126 valence electrons. The maximum absolute atomic E-state index is 12.2. The van der Waals surface area contributed by atoms with Crippen molar-refractivity contribution in [1.82, 2.24) is 0 Å². The zero-order valence-corrected chi connectivity index (χ0v) is 14.1. The van der Waals surface area contributed by atoms with Gasteiger partial charge in [0, 0.05) is 11.3 Å². The van der Waals surface area contributed by atoms with Crippen LogP contribution in [0.2, 0.25) is 10.0 Å². The number of carboxylic acid groups (broad SMARTS) is 1. The highest BCUT2D eigenvalue weighted by Crippen LogP contribution is 2.29. The van der Waals surface area contributed by atoms with Gasteiger partial charge in [-0.15, -0.1) is 0 Å². The Morgan fingerprint density at radius 1 is 0.920 bits per heavy atom. The first-order chi connectivity index (χ1) is 11.9. The van der Waals surface area contributed by atoms with Gasteiger partial charge in [0.25, 0.3) is 5.91 Å². The van der Waals surface area contributed by atoms with Crippen molar-refractivity contribution < 1.29 is 19.1 Å². The molecule has 2 N–H and O–H groups in total. The molecule has 0 fully saturated rings. The lowest BCUT2D eigenvalue weighted by Gasteiger charge is -2.04. The van der Waals surface area contributed by atoms with Crippen LogP contribution in [0.15, 0.2) is 59.0 Å². The van der Waals surface area contributed by atoms with Crippen molar-refractivity contribution in [2.24, 2.45) is 0 Å². The Bertz CT molecular complexity index is 948. The Labute approximate surface area is 152 Å². The van der Waals surface area contributed by atoms with Gasteiger partial charge in [-0.3, -0.25) is 4.79 Å². The maximum Gasteiger partial charge on any atom is 0.335 e. The Morgan fingerprint density at radius 2 is 1.64 bits per heavy atom. The minimum Gasteiger partial charge on any atom is -0.478 e. The average molecular weight is 376 g/mol. The summed E-state index contributed by atoms with van der Waals surface area (Å²) in [6.45, 7) is 0. The molecule has 0 aliphatic rings. The number of halogens is 2. The molecule has 0 aliphatic carbocycles. The number of hydrogen-bond donors (Lipinski definition) is 2. The van der Waals surface area contributed by atoms with Crippen molar-refractivity contribution in [2.45, 2.75) is 0 Å². The molecule has 1 amide bonds. The fraction of sp³-hybridized carbons (Fsp3) is 0. The van der Waals surface area contributed by atoms with E-state index in [-0.39, 0.29) is 11.3 Å². The summed E-state index contributed by atoms with van der Waals surface area (Å²) < 4.78 is 5.55. The summed E-state index contributed by atoms with van der Waals surface area (Å²) in [5.41, 5.74) is 1.29. The van der Waals surface area contributed by atoms with Crippen molar-refractivity contribution in [3.8, 4) is 11.3 Å². The zero-order chi connectivity index (χ0) is 18.0. The Hall–Kier alpha value is -2.76. The molecule has 2 aromatic carbocycles. The molecule has 3 rings (SSSR count). The van der Waals surface area contributed by atoms with E-state index >= 15 is 0 Å². The number of carbonyl (C=O) groups excluding carboxylic acids is 1. The molecule has 1 aromatic heterocycles. The van der Waals surface area contributed by atoms with Crippen LogP contribution in [0.1, 0.15) is 20.9 Å². The van der Waals surface area contributed by atoms with Crippen LogP contribution in [0.25, 0.3) is 11.3 Å². The molecule has 1 heterocycles. The molecule has 0 aliphatic heterocycles. The SMILES string of the molecule is O=C(O)c1ccc(NC(=O)c2ccc(-c3ccc(Cl)c(Cl)c3)o2)cc1. The minimum absolute atomic E-state index is 0.114. The molecule has 7 heteroatoms. The van der Waals surface area contributed by atoms with Crippen LogP contribution < -0.4 is 5.32 Å². The third-order valence-electron chi connectivity index (χ3n) is 3.42. The lowest BCUT2D eigenvalue weighted by atomic mass is 10.2. The van der Waals surface area contributed by atoms with E-state index in [0.717, 1.165) is 0 Å².